The minimum atomic E-state index is -4.63. The van der Waals surface area contributed by atoms with E-state index in [1.165, 1.54) is 15.2 Å². The number of rotatable bonds is 6. The molecule has 0 atom stereocenters. The fourth-order valence-electron chi connectivity index (χ4n) is 4.88. The van der Waals surface area contributed by atoms with E-state index in [2.05, 4.69) is 15.6 Å². The second kappa shape index (κ2) is 11.4. The predicted molar refractivity (Wildman–Crippen MR) is 134 cm³/mol. The summed E-state index contributed by atoms with van der Waals surface area (Å²) in [5.41, 5.74) is -2.06. The average Bonchev–Trinajstić information content (AvgIpc) is 3.30. The highest BCUT2D eigenvalue weighted by Crippen LogP contribution is 2.42. The summed E-state index contributed by atoms with van der Waals surface area (Å²) in [5.74, 6) is -3.59. The van der Waals surface area contributed by atoms with E-state index < -0.39 is 52.0 Å². The number of sulfonamides is 1. The van der Waals surface area contributed by atoms with Gasteiger partial charge in [-0.15, -0.1) is 17.5 Å². The van der Waals surface area contributed by atoms with Crippen molar-refractivity contribution in [3.8, 4) is 0 Å². The van der Waals surface area contributed by atoms with Crippen LogP contribution in [0.3, 0.4) is 0 Å². The van der Waals surface area contributed by atoms with E-state index in [0.29, 0.717) is 6.07 Å². The summed E-state index contributed by atoms with van der Waals surface area (Å²) in [6.45, 7) is 0.547. The van der Waals surface area contributed by atoms with E-state index in [1.54, 1.807) is 7.05 Å². The number of hydrogen-bond donors (Lipinski definition) is 1. The van der Waals surface area contributed by atoms with Crippen LogP contribution in [0.5, 0.6) is 0 Å². The zero-order valence-corrected chi connectivity index (χ0v) is 23.1. The molecule has 1 aliphatic heterocycles. The van der Waals surface area contributed by atoms with Crippen LogP contribution in [0.2, 0.25) is 5.02 Å². The smallest absolute Gasteiger partial charge is 0.350 e. The third-order valence-corrected chi connectivity index (χ3v) is 9.20. The van der Waals surface area contributed by atoms with Crippen LogP contribution in [-0.4, -0.2) is 82.7 Å². The quantitative estimate of drug-likeness (QED) is 0.496. The molecule has 218 valence electrons. The van der Waals surface area contributed by atoms with Gasteiger partial charge in [0.2, 0.25) is 10.9 Å². The van der Waals surface area contributed by atoms with Crippen molar-refractivity contribution in [2.45, 2.75) is 48.3 Å². The molecule has 1 aromatic heterocycles. The SMILES string of the molecule is Cl.Cn1cc(S(=O)(=O)N2CCN(C3(CNC(=O)c4ccc(C(F)(F)F)cc4Cl)CCC(F)(F)CC3)CC2)nn1. The normalized spacial score (nSPS) is 20.3. The molecule has 1 aliphatic carbocycles. The highest BCUT2D eigenvalue weighted by molar-refractivity contribution is 7.89. The molecule has 39 heavy (non-hydrogen) atoms. The minimum absolute atomic E-state index is 0. The fraction of sp³-hybridized carbons (Fsp3) is 0.591. The van der Waals surface area contributed by atoms with Crippen LogP contribution < -0.4 is 5.32 Å². The lowest BCUT2D eigenvalue weighted by Crippen LogP contribution is -2.63. The maximum Gasteiger partial charge on any atom is 0.416 e. The van der Waals surface area contributed by atoms with Gasteiger partial charge in [0.1, 0.15) is 0 Å². The maximum absolute atomic E-state index is 14.1. The number of hydrogen-bond acceptors (Lipinski definition) is 6. The summed E-state index contributed by atoms with van der Waals surface area (Å²) in [4.78, 5) is 14.7. The minimum Gasteiger partial charge on any atom is -0.350 e. The lowest BCUT2D eigenvalue weighted by atomic mass is 9.78. The van der Waals surface area contributed by atoms with Crippen LogP contribution in [-0.2, 0) is 23.2 Å². The number of nitrogens with zero attached hydrogens (tertiary/aromatic N) is 5. The van der Waals surface area contributed by atoms with E-state index in [0.717, 1.165) is 12.1 Å². The molecule has 2 aromatic rings. The van der Waals surface area contributed by atoms with Crippen molar-refractivity contribution in [2.24, 2.45) is 7.05 Å². The molecule has 1 saturated carbocycles. The van der Waals surface area contributed by atoms with Crippen LogP contribution in [0.1, 0.15) is 41.6 Å². The highest BCUT2D eigenvalue weighted by atomic mass is 35.5. The van der Waals surface area contributed by atoms with Crippen LogP contribution in [0, 0.1) is 0 Å². The zero-order chi connectivity index (χ0) is 27.9. The van der Waals surface area contributed by atoms with Gasteiger partial charge in [-0.25, -0.2) is 17.2 Å². The number of amides is 1. The molecule has 1 saturated heterocycles. The van der Waals surface area contributed by atoms with Crippen molar-refractivity contribution in [1.29, 1.82) is 0 Å². The first-order valence-corrected chi connectivity index (χ1v) is 13.6. The summed E-state index contributed by atoms with van der Waals surface area (Å²) in [6, 6.07) is 2.37. The predicted octanol–water partition coefficient (Wildman–Crippen LogP) is 3.59. The number of aromatic nitrogens is 3. The molecule has 1 aromatic carbocycles. The molecule has 0 spiro atoms. The fourth-order valence-corrected chi connectivity index (χ4v) is 6.48. The van der Waals surface area contributed by atoms with Gasteiger partial charge in [-0.05, 0) is 31.0 Å². The van der Waals surface area contributed by atoms with Gasteiger partial charge >= 0.3 is 6.18 Å². The summed E-state index contributed by atoms with van der Waals surface area (Å²) in [5, 5.41) is 9.40. The Balaban J connectivity index is 0.00000420. The third-order valence-electron chi connectivity index (χ3n) is 7.13. The van der Waals surface area contributed by atoms with Gasteiger partial charge < -0.3 is 5.32 Å². The molecule has 1 amide bonds. The second-order valence-corrected chi connectivity index (χ2v) is 11.9. The summed E-state index contributed by atoms with van der Waals surface area (Å²) in [6.07, 6.45) is -4.09. The maximum atomic E-state index is 14.1. The summed E-state index contributed by atoms with van der Waals surface area (Å²) in [7, 11) is -2.35. The van der Waals surface area contributed by atoms with Crippen LogP contribution in [0.4, 0.5) is 22.0 Å². The van der Waals surface area contributed by atoms with E-state index in [9.17, 15) is 35.2 Å². The first-order valence-electron chi connectivity index (χ1n) is 11.8. The Morgan fingerprint density at radius 1 is 1.10 bits per heavy atom. The van der Waals surface area contributed by atoms with Gasteiger partial charge in [0.15, 0.2) is 0 Å². The number of halogens is 7. The van der Waals surface area contributed by atoms with Gasteiger partial charge in [-0.2, -0.15) is 17.5 Å². The zero-order valence-electron chi connectivity index (χ0n) is 20.7. The Labute approximate surface area is 233 Å². The van der Waals surface area contributed by atoms with Gasteiger partial charge in [0.05, 0.1) is 22.3 Å². The first kappa shape index (κ1) is 31.5. The Bertz CT molecular complexity index is 1290. The number of alkyl halides is 5. The molecule has 2 fully saturated rings. The van der Waals surface area contributed by atoms with Crippen molar-refractivity contribution in [2.75, 3.05) is 32.7 Å². The van der Waals surface area contributed by atoms with Crippen molar-refractivity contribution >= 4 is 39.9 Å². The molecule has 17 heteroatoms. The van der Waals surface area contributed by atoms with E-state index in [4.69, 9.17) is 11.6 Å². The Hall–Kier alpha value is -2.07. The molecular weight excluding hydrogens is 594 g/mol. The Morgan fingerprint density at radius 3 is 2.23 bits per heavy atom. The molecule has 0 bridgehead atoms. The van der Waals surface area contributed by atoms with Crippen LogP contribution in [0.25, 0.3) is 0 Å². The lowest BCUT2D eigenvalue weighted by molar-refractivity contribution is -0.137. The van der Waals surface area contributed by atoms with Gasteiger partial charge in [0, 0.05) is 58.2 Å². The number of carbonyl (C=O) groups is 1. The van der Waals surface area contributed by atoms with Gasteiger partial charge in [0.25, 0.3) is 15.9 Å². The molecule has 2 heterocycles. The van der Waals surface area contributed by atoms with Crippen LogP contribution in [0.15, 0.2) is 29.4 Å². The summed E-state index contributed by atoms with van der Waals surface area (Å²) < 4.78 is 95.2. The molecule has 9 nitrogen and oxygen atoms in total. The number of nitrogens with one attached hydrogen (secondary N) is 1. The first-order chi connectivity index (χ1) is 17.6. The molecule has 0 radical (unpaired) electrons. The third kappa shape index (κ3) is 6.81. The second-order valence-electron chi connectivity index (χ2n) is 9.58. The van der Waals surface area contributed by atoms with Crippen molar-refractivity contribution < 1.29 is 35.2 Å². The van der Waals surface area contributed by atoms with Crippen LogP contribution >= 0.6 is 24.0 Å². The standard InChI is InChI=1S/C22H26ClF5N6O3S.ClH/c1-32-13-18(30-31-32)38(36,37)34-10-8-33(9-11-34)20(4-6-21(24,25)7-5-20)14-29-19(35)16-3-2-15(12-17(16)23)22(26,27)28;/h2-3,12-13H,4-11,14H2,1H3,(H,29,35);1H. The average molecular weight is 621 g/mol. The molecular formula is C22H27Cl2F5N6O3S. The lowest BCUT2D eigenvalue weighted by Gasteiger charge is -2.50. The molecule has 2 aliphatic rings. The van der Waals surface area contributed by atoms with Crippen molar-refractivity contribution in [3.63, 3.8) is 0 Å². The highest BCUT2D eigenvalue weighted by Gasteiger charge is 2.48. The number of aryl methyl sites for hydroxylation is 1. The van der Waals surface area contributed by atoms with E-state index in [-0.39, 0.29) is 73.6 Å². The van der Waals surface area contributed by atoms with Gasteiger partial charge in [-0.1, -0.05) is 16.8 Å². The topological polar surface area (TPSA) is 100 Å². The number of carbonyl (C=O) groups excluding carboxylic acids is 1. The van der Waals surface area contributed by atoms with Gasteiger partial charge in [-0.3, -0.25) is 14.4 Å². The molecule has 0 unspecified atom stereocenters. The molecule has 1 N–H and O–H groups in total. The van der Waals surface area contributed by atoms with E-state index >= 15 is 0 Å². The summed E-state index contributed by atoms with van der Waals surface area (Å²) >= 11 is 5.94. The largest absolute Gasteiger partial charge is 0.416 e. The number of benzene rings is 1. The monoisotopic (exact) mass is 620 g/mol. The number of piperazine rings is 1. The van der Waals surface area contributed by atoms with Crippen molar-refractivity contribution in [3.05, 3.63) is 40.5 Å². The van der Waals surface area contributed by atoms with E-state index in [1.807, 2.05) is 4.90 Å². The molecule has 4 rings (SSSR count). The Kier molecular flexibility index (Phi) is 9.22. The van der Waals surface area contributed by atoms with Crippen molar-refractivity contribution in [1.82, 2.24) is 29.5 Å². The Morgan fingerprint density at radius 2 is 1.72 bits per heavy atom.